The molecule has 1 amide bonds. The lowest BCUT2D eigenvalue weighted by Crippen LogP contribution is -2.30. The Morgan fingerprint density at radius 3 is 2.54 bits per heavy atom. The van der Waals surface area contributed by atoms with Gasteiger partial charge >= 0.3 is 0 Å². The van der Waals surface area contributed by atoms with Crippen LogP contribution >= 0.6 is 0 Å². The molecule has 0 bridgehead atoms. The summed E-state index contributed by atoms with van der Waals surface area (Å²) in [5, 5.41) is 7.94. The highest BCUT2D eigenvalue weighted by Crippen LogP contribution is 2.17. The highest BCUT2D eigenvalue weighted by Gasteiger charge is 2.11. The van der Waals surface area contributed by atoms with Gasteiger partial charge in [0, 0.05) is 11.1 Å². The zero-order valence-electron chi connectivity index (χ0n) is 14.6. The van der Waals surface area contributed by atoms with Crippen molar-refractivity contribution in [3.8, 4) is 0 Å². The summed E-state index contributed by atoms with van der Waals surface area (Å²) < 4.78 is 2.93. The molecule has 0 unspecified atom stereocenters. The number of nitrogens with one attached hydrogen (secondary N) is 1. The van der Waals surface area contributed by atoms with Crippen molar-refractivity contribution in [2.45, 2.75) is 20.4 Å². The van der Waals surface area contributed by atoms with Crippen LogP contribution in [0.25, 0.3) is 16.4 Å². The first-order chi connectivity index (χ1) is 12.5. The SMILES string of the molecule is Cc1cc(C)cc(NC(=O)Cn2ncn3c(cc4ccccc43)c2=O)c1. The summed E-state index contributed by atoms with van der Waals surface area (Å²) in [7, 11) is 0. The van der Waals surface area contributed by atoms with Gasteiger partial charge in [-0.3, -0.25) is 14.0 Å². The van der Waals surface area contributed by atoms with Gasteiger partial charge < -0.3 is 5.32 Å². The molecule has 0 aliphatic rings. The summed E-state index contributed by atoms with van der Waals surface area (Å²) in [4.78, 5) is 25.0. The zero-order chi connectivity index (χ0) is 18.3. The molecule has 2 aromatic heterocycles. The van der Waals surface area contributed by atoms with Crippen LogP contribution in [0.2, 0.25) is 0 Å². The van der Waals surface area contributed by atoms with Crippen LogP contribution in [0.4, 0.5) is 5.69 Å². The summed E-state index contributed by atoms with van der Waals surface area (Å²) in [6, 6.07) is 15.3. The first-order valence-electron chi connectivity index (χ1n) is 8.35. The molecule has 4 aromatic rings. The largest absolute Gasteiger partial charge is 0.324 e. The van der Waals surface area contributed by atoms with Crippen molar-refractivity contribution in [3.05, 3.63) is 76.3 Å². The molecule has 0 saturated carbocycles. The van der Waals surface area contributed by atoms with E-state index in [1.54, 1.807) is 10.7 Å². The van der Waals surface area contributed by atoms with E-state index in [1.165, 1.54) is 4.68 Å². The summed E-state index contributed by atoms with van der Waals surface area (Å²) >= 11 is 0. The second-order valence-corrected chi connectivity index (χ2v) is 6.48. The number of rotatable bonds is 3. The van der Waals surface area contributed by atoms with E-state index in [0.29, 0.717) is 5.52 Å². The van der Waals surface area contributed by atoms with Crippen LogP contribution in [0.15, 0.2) is 59.7 Å². The molecule has 2 heterocycles. The van der Waals surface area contributed by atoms with Gasteiger partial charge in [0.15, 0.2) is 0 Å². The van der Waals surface area contributed by atoms with Crippen LogP contribution < -0.4 is 10.9 Å². The second kappa shape index (κ2) is 6.15. The fourth-order valence-corrected chi connectivity index (χ4v) is 3.26. The van der Waals surface area contributed by atoms with Gasteiger partial charge in [-0.1, -0.05) is 24.3 Å². The minimum atomic E-state index is -0.292. The number of para-hydroxylation sites is 1. The Hall–Kier alpha value is -3.41. The summed E-state index contributed by atoms with van der Waals surface area (Å²) in [5.41, 5.74) is 3.97. The van der Waals surface area contributed by atoms with Gasteiger partial charge in [-0.05, 0) is 49.2 Å². The Balaban J connectivity index is 1.64. The first-order valence-corrected chi connectivity index (χ1v) is 8.35. The van der Waals surface area contributed by atoms with Crippen LogP contribution in [-0.2, 0) is 11.3 Å². The molecule has 0 spiro atoms. The fraction of sp³-hybridized carbons (Fsp3) is 0.150. The lowest BCUT2D eigenvalue weighted by Gasteiger charge is -2.09. The Morgan fingerprint density at radius 1 is 1.04 bits per heavy atom. The molecular weight excluding hydrogens is 328 g/mol. The molecule has 0 atom stereocenters. The second-order valence-electron chi connectivity index (χ2n) is 6.48. The van der Waals surface area contributed by atoms with E-state index in [9.17, 15) is 9.59 Å². The third-order valence-corrected chi connectivity index (χ3v) is 4.31. The van der Waals surface area contributed by atoms with Crippen LogP contribution in [0, 0.1) is 13.8 Å². The van der Waals surface area contributed by atoms with E-state index in [1.807, 2.05) is 62.4 Å². The number of hydrogen-bond donors (Lipinski definition) is 1. The molecule has 0 aliphatic carbocycles. The number of nitrogens with zero attached hydrogens (tertiary/aromatic N) is 3. The van der Waals surface area contributed by atoms with Gasteiger partial charge in [0.25, 0.3) is 5.56 Å². The molecule has 0 aliphatic heterocycles. The van der Waals surface area contributed by atoms with Crippen LogP contribution in [0.3, 0.4) is 0 Å². The number of carbonyl (C=O) groups is 1. The molecule has 0 radical (unpaired) electrons. The third-order valence-electron chi connectivity index (χ3n) is 4.31. The molecule has 2 aromatic carbocycles. The van der Waals surface area contributed by atoms with Crippen molar-refractivity contribution >= 4 is 28.0 Å². The van der Waals surface area contributed by atoms with Gasteiger partial charge in [-0.15, -0.1) is 0 Å². The monoisotopic (exact) mass is 346 g/mol. The lowest BCUT2D eigenvalue weighted by atomic mass is 10.1. The standard InChI is InChI=1S/C20H18N4O2/c1-13-7-14(2)9-16(8-13)22-19(25)11-24-20(26)18-10-15-5-3-4-6-17(15)23(18)12-21-24/h3-10,12H,11H2,1-2H3,(H,22,25). The number of amides is 1. The van der Waals surface area contributed by atoms with Crippen LogP contribution in [0.5, 0.6) is 0 Å². The van der Waals surface area contributed by atoms with E-state index in [4.69, 9.17) is 0 Å². The van der Waals surface area contributed by atoms with E-state index in [-0.39, 0.29) is 18.0 Å². The molecule has 130 valence electrons. The molecule has 6 heteroatoms. The summed E-state index contributed by atoms with van der Waals surface area (Å²) in [5.74, 6) is -0.287. The molecule has 0 fully saturated rings. The van der Waals surface area contributed by atoms with Crippen molar-refractivity contribution in [1.82, 2.24) is 14.2 Å². The number of anilines is 1. The number of carbonyl (C=O) groups excluding carboxylic acids is 1. The molecule has 4 rings (SSSR count). The average molecular weight is 346 g/mol. The minimum absolute atomic E-state index is 0.135. The van der Waals surface area contributed by atoms with Crippen molar-refractivity contribution in [3.63, 3.8) is 0 Å². The number of benzene rings is 2. The Bertz CT molecular complexity index is 1180. The smallest absolute Gasteiger partial charge is 0.291 e. The normalized spacial score (nSPS) is 11.2. The van der Waals surface area contributed by atoms with Gasteiger partial charge in [-0.25, -0.2) is 4.68 Å². The van der Waals surface area contributed by atoms with Crippen molar-refractivity contribution < 1.29 is 4.79 Å². The van der Waals surface area contributed by atoms with E-state index < -0.39 is 0 Å². The van der Waals surface area contributed by atoms with Crippen LogP contribution in [-0.4, -0.2) is 20.1 Å². The topological polar surface area (TPSA) is 68.4 Å². The van der Waals surface area contributed by atoms with Gasteiger partial charge in [0.05, 0.1) is 5.52 Å². The lowest BCUT2D eigenvalue weighted by molar-refractivity contribution is -0.117. The van der Waals surface area contributed by atoms with Crippen LogP contribution in [0.1, 0.15) is 11.1 Å². The highest BCUT2D eigenvalue weighted by atomic mass is 16.2. The first kappa shape index (κ1) is 16.1. The van der Waals surface area contributed by atoms with Crippen molar-refractivity contribution in [2.24, 2.45) is 0 Å². The molecule has 1 N–H and O–H groups in total. The quantitative estimate of drug-likeness (QED) is 0.620. The van der Waals surface area contributed by atoms with E-state index in [0.717, 1.165) is 27.7 Å². The number of fused-ring (bicyclic) bond motifs is 3. The van der Waals surface area contributed by atoms with Gasteiger partial charge in [0.2, 0.25) is 5.91 Å². The molecule has 6 nitrogen and oxygen atoms in total. The third kappa shape index (κ3) is 2.86. The average Bonchev–Trinajstić information content (AvgIpc) is 2.96. The van der Waals surface area contributed by atoms with Crippen molar-refractivity contribution in [1.29, 1.82) is 0 Å². The minimum Gasteiger partial charge on any atom is -0.324 e. The zero-order valence-corrected chi connectivity index (χ0v) is 14.6. The Morgan fingerprint density at radius 2 is 1.77 bits per heavy atom. The van der Waals surface area contributed by atoms with Crippen molar-refractivity contribution in [2.75, 3.05) is 5.32 Å². The highest BCUT2D eigenvalue weighted by molar-refractivity contribution is 5.91. The molecule has 26 heavy (non-hydrogen) atoms. The number of aryl methyl sites for hydroxylation is 2. The molecule has 0 saturated heterocycles. The number of aromatic nitrogens is 3. The Kier molecular flexibility index (Phi) is 3.80. The van der Waals surface area contributed by atoms with E-state index in [2.05, 4.69) is 10.4 Å². The van der Waals surface area contributed by atoms with Gasteiger partial charge in [-0.2, -0.15) is 5.10 Å². The summed E-state index contributed by atoms with van der Waals surface area (Å²) in [6.45, 7) is 3.81. The maximum atomic E-state index is 12.7. The predicted octanol–water partition coefficient (Wildman–Crippen LogP) is 2.90. The molecular formula is C20H18N4O2. The van der Waals surface area contributed by atoms with Gasteiger partial charge in [0.1, 0.15) is 18.4 Å². The Labute approximate surface area is 149 Å². The maximum Gasteiger partial charge on any atom is 0.291 e. The fourth-order valence-electron chi connectivity index (χ4n) is 3.26. The summed E-state index contributed by atoms with van der Waals surface area (Å²) in [6.07, 6.45) is 1.57. The maximum absolute atomic E-state index is 12.7. The number of hydrogen-bond acceptors (Lipinski definition) is 3. The van der Waals surface area contributed by atoms with E-state index >= 15 is 0 Å². The predicted molar refractivity (Wildman–Crippen MR) is 102 cm³/mol.